The molecule has 1 aromatic heterocycles. The van der Waals surface area contributed by atoms with E-state index in [1.807, 2.05) is 48.2 Å². The molecule has 3 aromatic rings. The van der Waals surface area contributed by atoms with Gasteiger partial charge in [0.25, 0.3) is 0 Å². The average molecular weight is 362 g/mol. The second-order valence-electron chi connectivity index (χ2n) is 7.06. The van der Waals surface area contributed by atoms with Gasteiger partial charge in [0, 0.05) is 41.7 Å². The number of hydrogen-bond donors (Lipinski definition) is 1. The summed E-state index contributed by atoms with van der Waals surface area (Å²) >= 11 is 0. The van der Waals surface area contributed by atoms with E-state index in [2.05, 4.69) is 4.98 Å². The van der Waals surface area contributed by atoms with Crippen LogP contribution in [0.15, 0.2) is 42.5 Å². The zero-order chi connectivity index (χ0) is 19.0. The molecule has 0 radical (unpaired) electrons. The number of aromatic amines is 1. The molecule has 0 unspecified atom stereocenters. The molecule has 0 fully saturated rings. The van der Waals surface area contributed by atoms with Crippen molar-refractivity contribution in [2.75, 3.05) is 13.7 Å². The smallest absolute Gasteiger partial charge is 0.337 e. The summed E-state index contributed by atoms with van der Waals surface area (Å²) in [6, 6.07) is 13.6. The fourth-order valence-corrected chi connectivity index (χ4v) is 3.66. The number of rotatable bonds is 3. The van der Waals surface area contributed by atoms with Gasteiger partial charge in [-0.05, 0) is 30.7 Å². The van der Waals surface area contributed by atoms with Crippen molar-refractivity contribution in [2.45, 2.75) is 26.3 Å². The molecule has 5 heteroatoms. The summed E-state index contributed by atoms with van der Waals surface area (Å²) in [4.78, 5) is 30.0. The fourth-order valence-electron chi connectivity index (χ4n) is 3.66. The summed E-state index contributed by atoms with van der Waals surface area (Å²) in [7, 11) is 1.38. The molecule has 138 valence electrons. The maximum atomic E-state index is 12.8. The number of aromatic nitrogens is 1. The highest BCUT2D eigenvalue weighted by atomic mass is 16.5. The van der Waals surface area contributed by atoms with Gasteiger partial charge in [0.1, 0.15) is 0 Å². The van der Waals surface area contributed by atoms with Gasteiger partial charge < -0.3 is 14.6 Å². The maximum absolute atomic E-state index is 12.8. The van der Waals surface area contributed by atoms with Gasteiger partial charge in [-0.15, -0.1) is 0 Å². The Morgan fingerprint density at radius 3 is 2.67 bits per heavy atom. The highest BCUT2D eigenvalue weighted by molar-refractivity contribution is 5.96. The molecule has 0 saturated carbocycles. The predicted molar refractivity (Wildman–Crippen MR) is 104 cm³/mol. The van der Waals surface area contributed by atoms with Gasteiger partial charge in [-0.25, -0.2) is 4.79 Å². The number of carbonyl (C=O) groups excluding carboxylic acids is 2. The first kappa shape index (κ1) is 17.3. The number of methoxy groups -OCH3 is 1. The fraction of sp³-hybridized carbons (Fsp3) is 0.273. The molecule has 4 rings (SSSR count). The zero-order valence-electron chi connectivity index (χ0n) is 15.5. The van der Waals surface area contributed by atoms with E-state index in [-0.39, 0.29) is 11.9 Å². The SMILES string of the molecule is COC(=O)c1ccc2[nH]c3c(c2c1)CN(C(=O)Cc1ccc(C)cc1)CC3. The Bertz CT molecular complexity index is 1020. The van der Waals surface area contributed by atoms with Gasteiger partial charge in [-0.1, -0.05) is 29.8 Å². The van der Waals surface area contributed by atoms with Crippen LogP contribution in [0.1, 0.15) is 32.7 Å². The van der Waals surface area contributed by atoms with Gasteiger partial charge in [0.05, 0.1) is 19.1 Å². The molecule has 1 N–H and O–H groups in total. The minimum absolute atomic E-state index is 0.128. The molecule has 27 heavy (non-hydrogen) atoms. The van der Waals surface area contributed by atoms with Gasteiger partial charge in [-0.3, -0.25) is 4.79 Å². The Morgan fingerprint density at radius 1 is 1.15 bits per heavy atom. The van der Waals surface area contributed by atoms with Gasteiger partial charge >= 0.3 is 5.97 Å². The topological polar surface area (TPSA) is 62.4 Å². The number of H-pyrrole nitrogens is 1. The average Bonchev–Trinajstić information content (AvgIpc) is 3.06. The van der Waals surface area contributed by atoms with Gasteiger partial charge in [0.15, 0.2) is 0 Å². The standard InChI is InChI=1S/C22H22N2O3/c1-14-3-5-15(6-4-14)11-21(25)24-10-9-20-18(13-24)17-12-16(22(26)27-2)7-8-19(17)23-20/h3-8,12,23H,9-11,13H2,1-2H3. The molecule has 2 aromatic carbocycles. The van der Waals surface area contributed by atoms with Crippen molar-refractivity contribution >= 4 is 22.8 Å². The Morgan fingerprint density at radius 2 is 1.93 bits per heavy atom. The van der Waals surface area contributed by atoms with Crippen LogP contribution in [0.4, 0.5) is 0 Å². The summed E-state index contributed by atoms with van der Waals surface area (Å²) in [5.41, 5.74) is 5.97. The third-order valence-corrected chi connectivity index (χ3v) is 5.22. The first-order valence-corrected chi connectivity index (χ1v) is 9.10. The van der Waals surface area contributed by atoms with Crippen LogP contribution in [0.25, 0.3) is 10.9 Å². The summed E-state index contributed by atoms with van der Waals surface area (Å²) in [6.45, 7) is 3.30. The molecule has 0 saturated heterocycles. The third kappa shape index (κ3) is 3.33. The van der Waals surface area contributed by atoms with Crippen LogP contribution >= 0.6 is 0 Å². The number of nitrogens with one attached hydrogen (secondary N) is 1. The Kier molecular flexibility index (Phi) is 4.44. The lowest BCUT2D eigenvalue weighted by Gasteiger charge is -2.27. The van der Waals surface area contributed by atoms with Crippen LogP contribution in [0.3, 0.4) is 0 Å². The van der Waals surface area contributed by atoms with Gasteiger partial charge in [-0.2, -0.15) is 0 Å². The molecule has 0 spiro atoms. The molecule has 1 aliphatic rings. The van der Waals surface area contributed by atoms with Crippen molar-refractivity contribution < 1.29 is 14.3 Å². The monoisotopic (exact) mass is 362 g/mol. The zero-order valence-corrected chi connectivity index (χ0v) is 15.5. The minimum atomic E-state index is -0.352. The predicted octanol–water partition coefficient (Wildman–Crippen LogP) is 3.39. The minimum Gasteiger partial charge on any atom is -0.465 e. The first-order valence-electron chi connectivity index (χ1n) is 9.10. The molecular weight excluding hydrogens is 340 g/mol. The highest BCUT2D eigenvalue weighted by Crippen LogP contribution is 2.29. The number of ether oxygens (including phenoxy) is 1. The number of aryl methyl sites for hydroxylation is 1. The van der Waals surface area contributed by atoms with Crippen LogP contribution in [0.5, 0.6) is 0 Å². The van der Waals surface area contributed by atoms with Crippen LogP contribution < -0.4 is 0 Å². The second kappa shape index (κ2) is 6.91. The summed E-state index contributed by atoms with van der Waals surface area (Å²) < 4.78 is 4.83. The van der Waals surface area contributed by atoms with Crippen LogP contribution in [-0.2, 0) is 28.9 Å². The van der Waals surface area contributed by atoms with Crippen molar-refractivity contribution in [3.63, 3.8) is 0 Å². The third-order valence-electron chi connectivity index (χ3n) is 5.22. The number of nitrogens with zero attached hydrogens (tertiary/aromatic N) is 1. The van der Waals surface area contributed by atoms with E-state index in [0.717, 1.165) is 34.1 Å². The first-order chi connectivity index (χ1) is 13.0. The van der Waals surface area contributed by atoms with E-state index in [0.29, 0.717) is 25.1 Å². The number of hydrogen-bond acceptors (Lipinski definition) is 3. The molecule has 0 atom stereocenters. The molecule has 2 heterocycles. The Balaban J connectivity index is 1.58. The number of carbonyl (C=O) groups is 2. The summed E-state index contributed by atoms with van der Waals surface area (Å²) in [5.74, 6) is -0.224. The van der Waals surface area contributed by atoms with Crippen molar-refractivity contribution in [2.24, 2.45) is 0 Å². The van der Waals surface area contributed by atoms with Gasteiger partial charge in [0.2, 0.25) is 5.91 Å². The quantitative estimate of drug-likeness (QED) is 0.727. The molecule has 0 bridgehead atoms. The number of fused-ring (bicyclic) bond motifs is 3. The van der Waals surface area contributed by atoms with E-state index in [1.54, 1.807) is 6.07 Å². The van der Waals surface area contributed by atoms with E-state index in [9.17, 15) is 9.59 Å². The van der Waals surface area contributed by atoms with Crippen LogP contribution in [-0.4, -0.2) is 35.4 Å². The Hall–Kier alpha value is -3.08. The molecule has 1 aliphatic heterocycles. The highest BCUT2D eigenvalue weighted by Gasteiger charge is 2.24. The van der Waals surface area contributed by atoms with E-state index >= 15 is 0 Å². The van der Waals surface area contributed by atoms with E-state index in [1.165, 1.54) is 12.7 Å². The number of amides is 1. The van der Waals surface area contributed by atoms with Crippen molar-refractivity contribution in [3.8, 4) is 0 Å². The lowest BCUT2D eigenvalue weighted by atomic mass is 10.0. The van der Waals surface area contributed by atoms with Crippen molar-refractivity contribution in [3.05, 3.63) is 70.4 Å². The number of benzene rings is 2. The molecule has 1 amide bonds. The summed E-state index contributed by atoms with van der Waals surface area (Å²) in [6.07, 6.45) is 1.20. The van der Waals surface area contributed by atoms with Crippen LogP contribution in [0.2, 0.25) is 0 Å². The van der Waals surface area contributed by atoms with E-state index < -0.39 is 0 Å². The van der Waals surface area contributed by atoms with Crippen molar-refractivity contribution in [1.29, 1.82) is 0 Å². The molecule has 5 nitrogen and oxygen atoms in total. The normalized spacial score (nSPS) is 13.5. The number of esters is 1. The van der Waals surface area contributed by atoms with Crippen LogP contribution in [0, 0.1) is 6.92 Å². The Labute approximate surface area is 157 Å². The maximum Gasteiger partial charge on any atom is 0.337 e. The molecule has 0 aliphatic carbocycles. The van der Waals surface area contributed by atoms with E-state index in [4.69, 9.17) is 4.74 Å². The second-order valence-corrected chi connectivity index (χ2v) is 7.06. The van der Waals surface area contributed by atoms with Crippen molar-refractivity contribution in [1.82, 2.24) is 9.88 Å². The lowest BCUT2D eigenvalue weighted by Crippen LogP contribution is -2.36. The molecular formula is C22H22N2O3. The summed E-state index contributed by atoms with van der Waals surface area (Å²) in [5, 5.41) is 0.987. The largest absolute Gasteiger partial charge is 0.465 e. The lowest BCUT2D eigenvalue weighted by molar-refractivity contribution is -0.131.